The largest absolute Gasteiger partial charge is 0.435 e. The van der Waals surface area contributed by atoms with E-state index in [0.717, 1.165) is 17.3 Å². The lowest BCUT2D eigenvalue weighted by molar-refractivity contribution is -0.141. The highest BCUT2D eigenvalue weighted by Crippen LogP contribution is 2.28. The van der Waals surface area contributed by atoms with Crippen molar-refractivity contribution in [2.24, 2.45) is 0 Å². The molecule has 3 rings (SSSR count). The quantitative estimate of drug-likeness (QED) is 0.788. The predicted molar refractivity (Wildman–Crippen MR) is 82.6 cm³/mol. The zero-order valence-electron chi connectivity index (χ0n) is 12.7. The number of nitrogens with zero attached hydrogens (tertiary/aromatic N) is 4. The summed E-state index contributed by atoms with van der Waals surface area (Å²) in [4.78, 5) is 0. The molecule has 0 aliphatic carbocycles. The minimum atomic E-state index is -4.50. The molecule has 1 aromatic carbocycles. The summed E-state index contributed by atoms with van der Waals surface area (Å²) in [5.74, 6) is 0.269. The van der Waals surface area contributed by atoms with E-state index in [0.29, 0.717) is 0 Å². The van der Waals surface area contributed by atoms with E-state index in [2.05, 4.69) is 20.6 Å². The molecule has 5 nitrogen and oxygen atoms in total. The topological polar surface area (TPSA) is 55.6 Å². The van der Waals surface area contributed by atoms with Gasteiger partial charge in [-0.2, -0.15) is 18.3 Å². The first-order valence-electron chi connectivity index (χ1n) is 7.21. The van der Waals surface area contributed by atoms with Gasteiger partial charge in [-0.1, -0.05) is 18.2 Å². The highest BCUT2D eigenvalue weighted by molar-refractivity contribution is 5.46. The van der Waals surface area contributed by atoms with E-state index in [-0.39, 0.29) is 11.9 Å². The maximum atomic E-state index is 12.5. The smallest absolute Gasteiger partial charge is 0.362 e. The predicted octanol–water partition coefficient (Wildman–Crippen LogP) is 3.85. The molecule has 0 radical (unpaired) electrons. The lowest BCUT2D eigenvalue weighted by Gasteiger charge is -2.18. The van der Waals surface area contributed by atoms with Gasteiger partial charge in [0.05, 0.1) is 11.7 Å². The van der Waals surface area contributed by atoms with E-state index >= 15 is 0 Å². The average Bonchev–Trinajstić information content (AvgIpc) is 3.09. The molecule has 0 bridgehead atoms. The van der Waals surface area contributed by atoms with Gasteiger partial charge in [0.15, 0.2) is 5.69 Å². The Labute approximate surface area is 136 Å². The second-order valence-electron chi connectivity index (χ2n) is 5.18. The maximum Gasteiger partial charge on any atom is 0.435 e. The van der Waals surface area contributed by atoms with Crippen molar-refractivity contribution in [2.75, 3.05) is 5.32 Å². The van der Waals surface area contributed by atoms with Gasteiger partial charge in [-0.05, 0) is 36.8 Å². The minimum absolute atomic E-state index is 0.198. The Kier molecular flexibility index (Phi) is 4.20. The van der Waals surface area contributed by atoms with Crippen LogP contribution < -0.4 is 5.32 Å². The SMILES string of the molecule is CC(Nc1ccc(C(F)(F)F)nn1)c1ccccc1-n1cccn1. The van der Waals surface area contributed by atoms with Gasteiger partial charge in [0, 0.05) is 12.4 Å². The van der Waals surface area contributed by atoms with E-state index in [1.807, 2.05) is 43.5 Å². The van der Waals surface area contributed by atoms with Crippen LogP contribution in [0.4, 0.5) is 19.0 Å². The standard InChI is InChI=1S/C16H14F3N5/c1-11(21-15-8-7-14(22-23-15)16(17,18)19)12-5-2-3-6-13(12)24-10-4-9-20-24/h2-11H,1H3,(H,21,23). The minimum Gasteiger partial charge on any atom is -0.362 e. The third-order valence-corrected chi connectivity index (χ3v) is 3.47. The Morgan fingerprint density at radius 3 is 2.46 bits per heavy atom. The van der Waals surface area contributed by atoms with Crippen molar-refractivity contribution in [3.05, 3.63) is 66.1 Å². The molecule has 1 unspecified atom stereocenters. The van der Waals surface area contributed by atoms with E-state index in [9.17, 15) is 13.2 Å². The molecule has 24 heavy (non-hydrogen) atoms. The van der Waals surface area contributed by atoms with Crippen molar-refractivity contribution >= 4 is 5.82 Å². The van der Waals surface area contributed by atoms with Crippen LogP contribution in [0.3, 0.4) is 0 Å². The number of aromatic nitrogens is 4. The molecule has 124 valence electrons. The highest BCUT2D eigenvalue weighted by atomic mass is 19.4. The van der Waals surface area contributed by atoms with Gasteiger partial charge >= 0.3 is 6.18 Å². The van der Waals surface area contributed by atoms with Gasteiger partial charge in [0.25, 0.3) is 0 Å². The van der Waals surface area contributed by atoms with E-state index < -0.39 is 11.9 Å². The van der Waals surface area contributed by atoms with Crippen LogP contribution in [0.25, 0.3) is 5.69 Å². The lowest BCUT2D eigenvalue weighted by atomic mass is 10.1. The summed E-state index contributed by atoms with van der Waals surface area (Å²) in [6.45, 7) is 1.89. The second-order valence-corrected chi connectivity index (χ2v) is 5.18. The van der Waals surface area contributed by atoms with Crippen molar-refractivity contribution in [3.8, 4) is 5.69 Å². The Balaban J connectivity index is 1.82. The fourth-order valence-corrected chi connectivity index (χ4v) is 2.33. The Morgan fingerprint density at radius 1 is 1.04 bits per heavy atom. The number of para-hydroxylation sites is 1. The molecule has 1 N–H and O–H groups in total. The average molecular weight is 333 g/mol. The number of alkyl halides is 3. The summed E-state index contributed by atoms with van der Waals surface area (Å²) in [5.41, 5.74) is 0.794. The number of anilines is 1. The Morgan fingerprint density at radius 2 is 1.83 bits per heavy atom. The van der Waals surface area contributed by atoms with Crippen LogP contribution >= 0.6 is 0 Å². The molecular weight excluding hydrogens is 319 g/mol. The van der Waals surface area contributed by atoms with Crippen LogP contribution in [0.15, 0.2) is 54.9 Å². The van der Waals surface area contributed by atoms with E-state index in [1.165, 1.54) is 6.07 Å². The lowest BCUT2D eigenvalue weighted by Crippen LogP contribution is -2.14. The molecule has 0 saturated carbocycles. The molecule has 0 aliphatic heterocycles. The number of nitrogens with one attached hydrogen (secondary N) is 1. The summed E-state index contributed by atoms with van der Waals surface area (Å²) in [5, 5.41) is 14.1. The molecule has 0 fully saturated rings. The number of rotatable bonds is 4. The molecule has 2 heterocycles. The van der Waals surface area contributed by atoms with Gasteiger partial charge in [-0.15, -0.1) is 10.2 Å². The van der Waals surface area contributed by atoms with Crippen LogP contribution in [-0.4, -0.2) is 20.0 Å². The third kappa shape index (κ3) is 3.37. The summed E-state index contributed by atoms with van der Waals surface area (Å²) in [6, 6.07) is 11.4. The normalized spacial score (nSPS) is 12.8. The molecule has 0 saturated heterocycles. The van der Waals surface area contributed by atoms with Crippen molar-refractivity contribution < 1.29 is 13.2 Å². The van der Waals surface area contributed by atoms with E-state index in [4.69, 9.17) is 0 Å². The maximum absolute atomic E-state index is 12.5. The van der Waals surface area contributed by atoms with Crippen molar-refractivity contribution in [1.82, 2.24) is 20.0 Å². The second kappa shape index (κ2) is 6.31. The molecular formula is C16H14F3N5. The summed E-state index contributed by atoms with van der Waals surface area (Å²) >= 11 is 0. The van der Waals surface area contributed by atoms with Crippen LogP contribution in [0.5, 0.6) is 0 Å². The first-order chi connectivity index (χ1) is 11.4. The molecule has 0 spiro atoms. The number of benzene rings is 1. The number of hydrogen-bond donors (Lipinski definition) is 1. The monoisotopic (exact) mass is 333 g/mol. The van der Waals surface area contributed by atoms with Gasteiger partial charge in [0.2, 0.25) is 0 Å². The third-order valence-electron chi connectivity index (χ3n) is 3.47. The highest BCUT2D eigenvalue weighted by Gasteiger charge is 2.32. The number of hydrogen-bond acceptors (Lipinski definition) is 4. The van der Waals surface area contributed by atoms with Gasteiger partial charge in [-0.25, -0.2) is 4.68 Å². The van der Waals surface area contributed by atoms with Crippen LogP contribution in [0, 0.1) is 0 Å². The fraction of sp³-hybridized carbons (Fsp3) is 0.188. The zero-order valence-corrected chi connectivity index (χ0v) is 12.7. The summed E-state index contributed by atoms with van der Waals surface area (Å²) in [6.07, 6.45) is -0.996. The van der Waals surface area contributed by atoms with Crippen molar-refractivity contribution in [1.29, 1.82) is 0 Å². The first kappa shape index (κ1) is 16.0. The van der Waals surface area contributed by atoms with Crippen molar-refractivity contribution in [3.63, 3.8) is 0 Å². The van der Waals surface area contributed by atoms with E-state index in [1.54, 1.807) is 10.9 Å². The van der Waals surface area contributed by atoms with Gasteiger partial charge in [-0.3, -0.25) is 0 Å². The summed E-state index contributed by atoms with van der Waals surface area (Å²) < 4.78 is 39.3. The van der Waals surface area contributed by atoms with Crippen molar-refractivity contribution in [2.45, 2.75) is 19.1 Å². The summed E-state index contributed by atoms with van der Waals surface area (Å²) in [7, 11) is 0. The molecule has 0 amide bonds. The van der Waals surface area contributed by atoms with Crippen LogP contribution in [-0.2, 0) is 6.18 Å². The van der Waals surface area contributed by atoms with Crippen LogP contribution in [0.2, 0.25) is 0 Å². The molecule has 8 heteroatoms. The molecule has 0 aliphatic rings. The van der Waals surface area contributed by atoms with Gasteiger partial charge in [0.1, 0.15) is 5.82 Å². The van der Waals surface area contributed by atoms with Gasteiger partial charge < -0.3 is 5.32 Å². The number of halogens is 3. The van der Waals surface area contributed by atoms with Crippen LogP contribution in [0.1, 0.15) is 24.2 Å². The Bertz CT molecular complexity index is 797. The fourth-order valence-electron chi connectivity index (χ4n) is 2.33. The first-order valence-corrected chi connectivity index (χ1v) is 7.21. The molecule has 3 aromatic rings. The molecule has 2 aromatic heterocycles. The molecule has 1 atom stereocenters. The Hall–Kier alpha value is -2.90. The zero-order chi connectivity index (χ0) is 17.2.